The Morgan fingerprint density at radius 2 is 1.64 bits per heavy atom. The first-order chi connectivity index (χ1) is 13.6. The van der Waals surface area contributed by atoms with Gasteiger partial charge in [0, 0.05) is 19.6 Å². The van der Waals surface area contributed by atoms with Gasteiger partial charge in [-0.1, -0.05) is 60.7 Å². The number of aromatic carboxylic acids is 1. The van der Waals surface area contributed by atoms with Gasteiger partial charge in [-0.2, -0.15) is 0 Å². The Hall–Kier alpha value is -3.61. The molecule has 28 heavy (non-hydrogen) atoms. The second-order valence-corrected chi connectivity index (χ2v) is 6.53. The van der Waals surface area contributed by atoms with E-state index in [4.69, 9.17) is 4.74 Å². The monoisotopic (exact) mass is 377 g/mol. The van der Waals surface area contributed by atoms with Crippen LogP contribution in [0.25, 0.3) is 0 Å². The summed E-state index contributed by atoms with van der Waals surface area (Å²) < 4.78 is 7.08. The molecule has 0 bridgehead atoms. The molecule has 4 rings (SSSR count). The van der Waals surface area contributed by atoms with E-state index in [9.17, 15) is 14.7 Å². The summed E-state index contributed by atoms with van der Waals surface area (Å²) in [6.07, 6.45) is 0. The molecule has 0 saturated carbocycles. The Bertz CT molecular complexity index is 1050. The lowest BCUT2D eigenvalue weighted by Gasteiger charge is -2.18. The Kier molecular flexibility index (Phi) is 4.80. The maximum atomic E-state index is 12.9. The number of carboxylic acids is 1. The average molecular weight is 377 g/mol. The summed E-state index contributed by atoms with van der Waals surface area (Å²) in [4.78, 5) is 30.8. The molecule has 2 aromatic carbocycles. The maximum Gasteiger partial charge on any atom is 0.358 e. The zero-order valence-corrected chi connectivity index (χ0v) is 15.1. The van der Waals surface area contributed by atoms with E-state index in [1.807, 2.05) is 65.6 Å². The largest absolute Gasteiger partial charge is 0.481 e. The van der Waals surface area contributed by atoms with Gasteiger partial charge < -0.3 is 14.7 Å². The van der Waals surface area contributed by atoms with E-state index in [1.165, 1.54) is 4.57 Å². The molecule has 0 amide bonds. The van der Waals surface area contributed by atoms with Crippen molar-refractivity contribution >= 4 is 11.9 Å². The molecule has 7 nitrogen and oxygen atoms in total. The zero-order valence-electron chi connectivity index (χ0n) is 15.1. The number of benzene rings is 2. The van der Waals surface area contributed by atoms with Crippen molar-refractivity contribution in [1.29, 1.82) is 0 Å². The van der Waals surface area contributed by atoms with Crippen LogP contribution < -0.4 is 15.2 Å². The Morgan fingerprint density at radius 3 is 2.29 bits per heavy atom. The lowest BCUT2D eigenvalue weighted by atomic mass is 10.2. The van der Waals surface area contributed by atoms with Crippen molar-refractivity contribution in [3.05, 3.63) is 87.8 Å². The molecule has 142 valence electrons. The molecule has 0 unspecified atom stereocenters. The standard InChI is InChI=1S/C21H19N3O4/c25-19-18(28-14-16-9-5-2-6-10-16)17(20(26)27)22-21-23(11-12-24(19)21)13-15-7-3-1-4-8-15/h1-10H,11-14H2,(H,26,27). The van der Waals surface area contributed by atoms with Gasteiger partial charge in [0.25, 0.3) is 5.56 Å². The van der Waals surface area contributed by atoms with Crippen molar-refractivity contribution in [2.24, 2.45) is 0 Å². The topological polar surface area (TPSA) is 84.7 Å². The maximum absolute atomic E-state index is 12.9. The van der Waals surface area contributed by atoms with Gasteiger partial charge in [0.2, 0.25) is 11.7 Å². The molecule has 0 radical (unpaired) electrons. The van der Waals surface area contributed by atoms with Crippen molar-refractivity contribution in [3.8, 4) is 5.75 Å². The molecule has 2 heterocycles. The van der Waals surface area contributed by atoms with Crippen LogP contribution in [0.1, 0.15) is 21.6 Å². The van der Waals surface area contributed by atoms with Crippen LogP contribution in [0, 0.1) is 0 Å². The number of hydrogen-bond donors (Lipinski definition) is 1. The molecule has 0 aliphatic carbocycles. The molecule has 0 fully saturated rings. The van der Waals surface area contributed by atoms with Gasteiger partial charge in [-0.15, -0.1) is 0 Å². The summed E-state index contributed by atoms with van der Waals surface area (Å²) >= 11 is 0. The van der Waals surface area contributed by atoms with E-state index >= 15 is 0 Å². The Balaban J connectivity index is 1.66. The van der Waals surface area contributed by atoms with E-state index in [1.54, 1.807) is 0 Å². The minimum Gasteiger partial charge on any atom is -0.481 e. The normalized spacial score (nSPS) is 12.6. The summed E-state index contributed by atoms with van der Waals surface area (Å²) in [5.41, 5.74) is 1.09. The van der Waals surface area contributed by atoms with Crippen LogP contribution in [0.4, 0.5) is 5.95 Å². The third kappa shape index (κ3) is 3.46. The van der Waals surface area contributed by atoms with E-state index in [-0.39, 0.29) is 18.1 Å². The third-order valence-corrected chi connectivity index (χ3v) is 4.63. The number of rotatable bonds is 6. The predicted octanol–water partition coefficient (Wildman–Crippen LogP) is 2.54. The van der Waals surface area contributed by atoms with Crippen molar-refractivity contribution in [1.82, 2.24) is 9.55 Å². The first-order valence-corrected chi connectivity index (χ1v) is 8.97. The minimum atomic E-state index is -1.28. The minimum absolute atomic E-state index is 0.102. The van der Waals surface area contributed by atoms with E-state index < -0.39 is 11.5 Å². The van der Waals surface area contributed by atoms with Crippen LogP contribution in [0.2, 0.25) is 0 Å². The number of anilines is 1. The molecule has 7 heteroatoms. The summed E-state index contributed by atoms with van der Waals surface area (Å²) in [6.45, 7) is 1.68. The first-order valence-electron chi connectivity index (χ1n) is 8.97. The second-order valence-electron chi connectivity index (χ2n) is 6.53. The van der Waals surface area contributed by atoms with Gasteiger partial charge in [0.15, 0.2) is 5.69 Å². The molecule has 0 saturated heterocycles. The number of ether oxygens (including phenoxy) is 1. The van der Waals surface area contributed by atoms with E-state index in [2.05, 4.69) is 4.98 Å². The molecule has 0 spiro atoms. The van der Waals surface area contributed by atoms with Gasteiger partial charge in [0.05, 0.1) is 0 Å². The van der Waals surface area contributed by atoms with E-state index in [0.717, 1.165) is 11.1 Å². The summed E-state index contributed by atoms with van der Waals surface area (Å²) in [7, 11) is 0. The molecule has 1 aliphatic heterocycles. The van der Waals surface area contributed by atoms with Crippen molar-refractivity contribution < 1.29 is 14.6 Å². The molecule has 1 aliphatic rings. The van der Waals surface area contributed by atoms with Gasteiger partial charge in [-0.25, -0.2) is 9.78 Å². The SMILES string of the molecule is O=C(O)c1nc2n(c(=O)c1OCc1ccccc1)CCN2Cc1ccccc1. The van der Waals surface area contributed by atoms with Gasteiger partial charge >= 0.3 is 5.97 Å². The summed E-state index contributed by atoms with van der Waals surface area (Å²) in [5.74, 6) is -1.14. The first kappa shape index (κ1) is 17.8. The number of fused-ring (bicyclic) bond motifs is 1. The Morgan fingerprint density at radius 1 is 1.00 bits per heavy atom. The lowest BCUT2D eigenvalue weighted by Crippen LogP contribution is -2.27. The third-order valence-electron chi connectivity index (χ3n) is 4.63. The Labute approximate surface area is 161 Å². The highest BCUT2D eigenvalue weighted by Gasteiger charge is 2.29. The van der Waals surface area contributed by atoms with Crippen LogP contribution in [-0.4, -0.2) is 27.2 Å². The zero-order chi connectivity index (χ0) is 19.5. The fraction of sp³-hybridized carbons (Fsp3) is 0.190. The average Bonchev–Trinajstić information content (AvgIpc) is 3.11. The smallest absolute Gasteiger partial charge is 0.358 e. The van der Waals surface area contributed by atoms with Crippen LogP contribution >= 0.6 is 0 Å². The molecular formula is C21H19N3O4. The number of carboxylic acid groups (broad SMARTS) is 1. The highest BCUT2D eigenvalue weighted by molar-refractivity contribution is 5.88. The van der Waals surface area contributed by atoms with Crippen molar-refractivity contribution in [2.75, 3.05) is 11.4 Å². The summed E-state index contributed by atoms with van der Waals surface area (Å²) in [6, 6.07) is 19.1. The molecule has 0 atom stereocenters. The molecule has 3 aromatic rings. The van der Waals surface area contributed by atoms with Crippen LogP contribution in [0.5, 0.6) is 5.75 Å². The lowest BCUT2D eigenvalue weighted by molar-refractivity contribution is 0.0684. The van der Waals surface area contributed by atoms with Gasteiger partial charge in [-0.3, -0.25) is 9.36 Å². The van der Waals surface area contributed by atoms with Crippen LogP contribution in [0.15, 0.2) is 65.5 Å². The van der Waals surface area contributed by atoms with E-state index in [0.29, 0.717) is 25.6 Å². The molecule has 1 N–H and O–H groups in total. The van der Waals surface area contributed by atoms with Crippen LogP contribution in [0.3, 0.4) is 0 Å². The van der Waals surface area contributed by atoms with Crippen molar-refractivity contribution in [2.45, 2.75) is 19.7 Å². The fourth-order valence-corrected chi connectivity index (χ4v) is 3.25. The fourth-order valence-electron chi connectivity index (χ4n) is 3.25. The quantitative estimate of drug-likeness (QED) is 0.711. The number of carbonyl (C=O) groups is 1. The second kappa shape index (κ2) is 7.56. The number of aromatic nitrogens is 2. The number of nitrogens with zero attached hydrogens (tertiary/aromatic N) is 3. The molecule has 1 aromatic heterocycles. The number of hydrogen-bond acceptors (Lipinski definition) is 5. The highest BCUT2D eigenvalue weighted by Crippen LogP contribution is 2.24. The van der Waals surface area contributed by atoms with Gasteiger partial charge in [-0.05, 0) is 11.1 Å². The molecular weight excluding hydrogens is 358 g/mol. The predicted molar refractivity (Wildman–Crippen MR) is 104 cm³/mol. The van der Waals surface area contributed by atoms with Crippen LogP contribution in [-0.2, 0) is 19.7 Å². The highest BCUT2D eigenvalue weighted by atomic mass is 16.5. The van der Waals surface area contributed by atoms with Gasteiger partial charge in [0.1, 0.15) is 6.61 Å². The summed E-state index contributed by atoms with van der Waals surface area (Å²) in [5, 5.41) is 9.59. The van der Waals surface area contributed by atoms with Crippen molar-refractivity contribution in [3.63, 3.8) is 0 Å².